The van der Waals surface area contributed by atoms with E-state index in [1.54, 1.807) is 10.5 Å². The minimum absolute atomic E-state index is 0.526. The highest BCUT2D eigenvalue weighted by molar-refractivity contribution is 7.13. The SMILES string of the molecule is C=CCOc1c([Si](C)(C)C)cc(C)cc1[Si](C)(C)C1C(C)=C(C)c2cc(C)sc21. The molecule has 1 aliphatic rings. The van der Waals surface area contributed by atoms with Gasteiger partial charge in [-0.2, -0.15) is 0 Å². The number of thiophene rings is 1. The summed E-state index contributed by atoms with van der Waals surface area (Å²) in [5.74, 6) is 1.17. The van der Waals surface area contributed by atoms with Crippen molar-refractivity contribution >= 4 is 43.4 Å². The van der Waals surface area contributed by atoms with Crippen LogP contribution in [0.3, 0.4) is 0 Å². The average molecular weight is 441 g/mol. The zero-order valence-corrected chi connectivity index (χ0v) is 22.4. The number of benzene rings is 1. The van der Waals surface area contributed by atoms with E-state index in [0.29, 0.717) is 12.1 Å². The van der Waals surface area contributed by atoms with Crippen LogP contribution in [0.5, 0.6) is 5.75 Å². The van der Waals surface area contributed by atoms with Gasteiger partial charge in [-0.05, 0) is 55.3 Å². The first-order valence-corrected chi connectivity index (χ1v) is 18.0. The number of hydrogen-bond donors (Lipinski definition) is 0. The predicted octanol–water partition coefficient (Wildman–Crippen LogP) is 6.52. The Morgan fingerprint density at radius 1 is 1.00 bits per heavy atom. The van der Waals surface area contributed by atoms with Gasteiger partial charge in [-0.25, -0.2) is 0 Å². The van der Waals surface area contributed by atoms with E-state index in [9.17, 15) is 0 Å². The van der Waals surface area contributed by atoms with Crippen LogP contribution < -0.4 is 15.1 Å². The summed E-state index contributed by atoms with van der Waals surface area (Å²) in [6, 6.07) is 7.19. The largest absolute Gasteiger partial charge is 0.490 e. The van der Waals surface area contributed by atoms with Crippen LogP contribution in [0.1, 0.15) is 40.3 Å². The van der Waals surface area contributed by atoms with Gasteiger partial charge in [0, 0.05) is 15.3 Å². The normalized spacial score (nSPS) is 16.9. The molecule has 156 valence electrons. The van der Waals surface area contributed by atoms with Crippen molar-refractivity contribution in [2.45, 2.75) is 66.0 Å². The van der Waals surface area contributed by atoms with Gasteiger partial charge >= 0.3 is 0 Å². The Hall–Kier alpha value is -1.37. The number of ether oxygens (including phenoxy) is 1. The Kier molecular flexibility index (Phi) is 5.94. The van der Waals surface area contributed by atoms with Gasteiger partial charge < -0.3 is 4.74 Å². The van der Waals surface area contributed by atoms with Gasteiger partial charge in [0.2, 0.25) is 0 Å². The van der Waals surface area contributed by atoms with Crippen LogP contribution in [0.25, 0.3) is 5.57 Å². The Balaban J connectivity index is 2.26. The van der Waals surface area contributed by atoms with Crippen molar-refractivity contribution in [2.24, 2.45) is 0 Å². The molecule has 0 N–H and O–H groups in total. The summed E-state index contributed by atoms with van der Waals surface area (Å²) in [5, 5.41) is 2.93. The molecule has 0 spiro atoms. The highest BCUT2D eigenvalue weighted by atomic mass is 32.1. The predicted molar refractivity (Wildman–Crippen MR) is 137 cm³/mol. The maximum absolute atomic E-state index is 6.44. The highest BCUT2D eigenvalue weighted by Gasteiger charge is 2.44. The Bertz CT molecular complexity index is 989. The van der Waals surface area contributed by atoms with E-state index in [1.165, 1.54) is 37.7 Å². The summed E-state index contributed by atoms with van der Waals surface area (Å²) in [6.45, 7) is 26.0. The second kappa shape index (κ2) is 7.71. The second-order valence-corrected chi connectivity index (χ2v) is 21.0. The lowest BCUT2D eigenvalue weighted by atomic mass is 10.1. The first-order chi connectivity index (χ1) is 13.4. The highest BCUT2D eigenvalue weighted by Crippen LogP contribution is 2.50. The molecule has 4 heteroatoms. The van der Waals surface area contributed by atoms with Gasteiger partial charge in [-0.1, -0.05) is 68.7 Å². The molecule has 1 aliphatic carbocycles. The molecule has 1 nitrogen and oxygen atoms in total. The lowest BCUT2D eigenvalue weighted by Crippen LogP contribution is -2.52. The summed E-state index contributed by atoms with van der Waals surface area (Å²) in [7, 11) is -3.46. The van der Waals surface area contributed by atoms with Gasteiger partial charge in [-0.15, -0.1) is 11.3 Å². The Morgan fingerprint density at radius 3 is 2.21 bits per heavy atom. The summed E-state index contributed by atoms with van der Waals surface area (Å²) in [5.41, 5.74) is 6.43. The van der Waals surface area contributed by atoms with Crippen LogP contribution >= 0.6 is 11.3 Å². The number of allylic oxidation sites excluding steroid dienone is 2. The molecule has 1 atom stereocenters. The van der Waals surface area contributed by atoms with E-state index >= 15 is 0 Å². The Morgan fingerprint density at radius 2 is 1.62 bits per heavy atom. The molecule has 0 saturated heterocycles. The lowest BCUT2D eigenvalue weighted by Gasteiger charge is -2.35. The summed E-state index contributed by atoms with van der Waals surface area (Å²) in [6.07, 6.45) is 1.87. The molecule has 2 aromatic rings. The molecule has 0 radical (unpaired) electrons. The molecule has 0 amide bonds. The number of fused-ring (bicyclic) bond motifs is 1. The molecule has 1 aromatic heterocycles. The van der Waals surface area contributed by atoms with Crippen molar-refractivity contribution < 1.29 is 4.74 Å². The van der Waals surface area contributed by atoms with Crippen LogP contribution in [0.15, 0.2) is 36.4 Å². The quantitative estimate of drug-likeness (QED) is 0.367. The average Bonchev–Trinajstić information content (AvgIpc) is 3.08. The third kappa shape index (κ3) is 3.87. The fraction of sp³-hybridized carbons (Fsp3) is 0.440. The van der Waals surface area contributed by atoms with Crippen molar-refractivity contribution in [3.05, 3.63) is 57.3 Å². The molecule has 3 rings (SSSR count). The van der Waals surface area contributed by atoms with Crippen molar-refractivity contribution in [1.29, 1.82) is 0 Å². The molecule has 0 saturated carbocycles. The maximum atomic E-state index is 6.44. The molecule has 1 unspecified atom stereocenters. The minimum Gasteiger partial charge on any atom is -0.490 e. The smallest absolute Gasteiger partial charge is 0.118 e. The van der Waals surface area contributed by atoms with Crippen molar-refractivity contribution in [3.8, 4) is 5.75 Å². The van der Waals surface area contributed by atoms with E-state index in [2.05, 4.69) is 85.2 Å². The van der Waals surface area contributed by atoms with Crippen molar-refractivity contribution in [2.75, 3.05) is 6.61 Å². The van der Waals surface area contributed by atoms with Crippen LogP contribution in [0, 0.1) is 13.8 Å². The van der Waals surface area contributed by atoms with Gasteiger partial charge in [-0.3, -0.25) is 0 Å². The van der Waals surface area contributed by atoms with E-state index in [1.807, 2.05) is 17.4 Å². The maximum Gasteiger partial charge on any atom is 0.118 e. The summed E-state index contributed by atoms with van der Waals surface area (Å²) in [4.78, 5) is 3.01. The first kappa shape index (κ1) is 22.3. The third-order valence-corrected chi connectivity index (χ3v) is 13.6. The molecular weight excluding hydrogens is 405 g/mol. The van der Waals surface area contributed by atoms with Gasteiger partial charge in [0.15, 0.2) is 0 Å². The monoisotopic (exact) mass is 440 g/mol. The number of rotatable bonds is 6. The zero-order valence-electron chi connectivity index (χ0n) is 19.6. The molecular formula is C25H36OSSi2. The summed E-state index contributed by atoms with van der Waals surface area (Å²) >= 11 is 2.00. The van der Waals surface area contributed by atoms with Crippen LogP contribution in [-0.2, 0) is 0 Å². The van der Waals surface area contributed by atoms with Crippen LogP contribution in [0.2, 0.25) is 32.7 Å². The molecule has 1 aromatic carbocycles. The number of aryl methyl sites for hydroxylation is 2. The van der Waals surface area contributed by atoms with E-state index < -0.39 is 16.1 Å². The second-order valence-electron chi connectivity index (χ2n) is 10.1. The summed E-state index contributed by atoms with van der Waals surface area (Å²) < 4.78 is 6.44. The van der Waals surface area contributed by atoms with Crippen molar-refractivity contribution in [3.63, 3.8) is 0 Å². The Labute approximate surface area is 183 Å². The fourth-order valence-electron chi connectivity index (χ4n) is 4.80. The molecule has 0 fully saturated rings. The van der Waals surface area contributed by atoms with Crippen LogP contribution in [-0.4, -0.2) is 22.8 Å². The standard InChI is InChI=1S/C25H36OSSi2/c1-11-12-26-23-21(28(6,7)8)13-16(2)14-22(23)29(9,10)25-19(5)18(4)20-15-17(3)27-24(20)25/h11,13-15,25H,1,12H2,2-10H3. The molecule has 0 aliphatic heterocycles. The van der Waals surface area contributed by atoms with Crippen molar-refractivity contribution in [1.82, 2.24) is 0 Å². The first-order valence-electron chi connectivity index (χ1n) is 10.6. The lowest BCUT2D eigenvalue weighted by molar-refractivity contribution is 0.368. The minimum atomic E-state index is -1.91. The van der Waals surface area contributed by atoms with E-state index in [4.69, 9.17) is 4.74 Å². The van der Waals surface area contributed by atoms with Crippen LogP contribution in [0.4, 0.5) is 0 Å². The fourth-order valence-corrected chi connectivity index (χ4v) is 12.5. The van der Waals surface area contributed by atoms with Gasteiger partial charge in [0.25, 0.3) is 0 Å². The zero-order chi connectivity index (χ0) is 21.7. The number of hydrogen-bond acceptors (Lipinski definition) is 2. The van der Waals surface area contributed by atoms with E-state index in [-0.39, 0.29) is 0 Å². The van der Waals surface area contributed by atoms with Gasteiger partial charge in [0.1, 0.15) is 12.4 Å². The molecule has 1 heterocycles. The third-order valence-electron chi connectivity index (χ3n) is 6.38. The van der Waals surface area contributed by atoms with E-state index in [0.717, 1.165) is 0 Å². The molecule has 29 heavy (non-hydrogen) atoms. The topological polar surface area (TPSA) is 9.23 Å². The van der Waals surface area contributed by atoms with Gasteiger partial charge in [0.05, 0.1) is 16.1 Å². The molecule has 0 bridgehead atoms.